The molecule has 0 bridgehead atoms. The monoisotopic (exact) mass is 480 g/mol. The minimum Gasteiger partial charge on any atom is -0.321 e. The first kappa shape index (κ1) is 20.0. The number of rotatable bonds is 4. The number of carbonyl (C=O) groups is 1. The number of aromatic nitrogens is 3. The largest absolute Gasteiger partial charge is 0.321 e. The predicted molar refractivity (Wildman–Crippen MR) is 130 cm³/mol. The van der Waals surface area contributed by atoms with Crippen molar-refractivity contribution >= 4 is 38.6 Å². The molecule has 0 radical (unpaired) electrons. The van der Waals surface area contributed by atoms with E-state index in [1.165, 1.54) is 0 Å². The third kappa shape index (κ3) is 4.00. The number of hydrogen-bond acceptors (Lipinski definition) is 4. The van der Waals surface area contributed by atoms with Crippen LogP contribution in [0.3, 0.4) is 0 Å². The molecule has 1 N–H and O–H groups in total. The number of fused-ring (bicyclic) bond motifs is 1. The van der Waals surface area contributed by atoms with Crippen molar-refractivity contribution in [1.29, 1.82) is 0 Å². The molecular weight excluding hydrogens is 464 g/mol. The molecule has 0 atom stereocenters. The van der Waals surface area contributed by atoms with Crippen molar-refractivity contribution in [2.75, 3.05) is 5.32 Å². The lowest BCUT2D eigenvalue weighted by molar-refractivity contribution is 0.102. The number of benzene rings is 3. The van der Waals surface area contributed by atoms with Crippen LogP contribution in [0.4, 0.5) is 5.69 Å². The second kappa shape index (κ2) is 8.69. The van der Waals surface area contributed by atoms with Crippen molar-refractivity contribution in [3.05, 3.63) is 107 Å². The van der Waals surface area contributed by atoms with E-state index in [0.29, 0.717) is 21.2 Å². The molecule has 2 aromatic heterocycles. The third-order valence-electron chi connectivity index (χ3n) is 5.04. The van der Waals surface area contributed by atoms with E-state index >= 15 is 0 Å². The van der Waals surface area contributed by atoms with Crippen LogP contribution in [-0.4, -0.2) is 20.9 Å². The number of amides is 1. The second-order valence-electron chi connectivity index (χ2n) is 7.17. The fourth-order valence-corrected chi connectivity index (χ4v) is 3.81. The van der Waals surface area contributed by atoms with E-state index in [1.54, 1.807) is 30.6 Å². The molecule has 0 unspecified atom stereocenters. The van der Waals surface area contributed by atoms with Crippen LogP contribution in [0.15, 0.2) is 102 Å². The van der Waals surface area contributed by atoms with Crippen LogP contribution < -0.4 is 5.32 Å². The molecule has 32 heavy (non-hydrogen) atoms. The smallest absolute Gasteiger partial charge is 0.255 e. The van der Waals surface area contributed by atoms with Gasteiger partial charge in [0.05, 0.1) is 32.6 Å². The summed E-state index contributed by atoms with van der Waals surface area (Å²) in [5.41, 5.74) is 6.08. The standard InChI is InChI=1S/C26H17BrN4O/c27-20-16-28-14-13-21(20)31-26(32)19-11-12-22-23(15-19)30-25(18-9-5-2-6-10-18)24(29-22)17-7-3-1-4-8-17/h1-16H,(H,28,31,32). The highest BCUT2D eigenvalue weighted by Crippen LogP contribution is 2.31. The summed E-state index contributed by atoms with van der Waals surface area (Å²) in [5.74, 6) is -0.228. The van der Waals surface area contributed by atoms with Crippen molar-refractivity contribution in [1.82, 2.24) is 15.0 Å². The minimum atomic E-state index is -0.228. The van der Waals surface area contributed by atoms with Crippen molar-refractivity contribution in [3.8, 4) is 22.5 Å². The van der Waals surface area contributed by atoms with Crippen LogP contribution in [0.25, 0.3) is 33.5 Å². The molecule has 6 heteroatoms. The number of hydrogen-bond donors (Lipinski definition) is 1. The molecule has 5 nitrogen and oxygen atoms in total. The topological polar surface area (TPSA) is 67.8 Å². The van der Waals surface area contributed by atoms with Crippen molar-refractivity contribution in [2.24, 2.45) is 0 Å². The van der Waals surface area contributed by atoms with Gasteiger partial charge in [-0.1, -0.05) is 60.7 Å². The van der Waals surface area contributed by atoms with E-state index in [1.807, 2.05) is 66.7 Å². The van der Waals surface area contributed by atoms with Crippen molar-refractivity contribution < 1.29 is 4.79 Å². The van der Waals surface area contributed by atoms with Crippen LogP contribution in [0.5, 0.6) is 0 Å². The molecule has 5 aromatic rings. The number of halogens is 1. The van der Waals surface area contributed by atoms with E-state index in [2.05, 4.69) is 26.2 Å². The Kier molecular flexibility index (Phi) is 5.44. The van der Waals surface area contributed by atoms with E-state index in [0.717, 1.165) is 28.0 Å². The van der Waals surface area contributed by atoms with Gasteiger partial charge >= 0.3 is 0 Å². The lowest BCUT2D eigenvalue weighted by Crippen LogP contribution is -2.12. The zero-order valence-corrected chi connectivity index (χ0v) is 18.5. The lowest BCUT2D eigenvalue weighted by Gasteiger charge is -2.12. The highest BCUT2D eigenvalue weighted by molar-refractivity contribution is 9.10. The molecule has 3 aromatic carbocycles. The average Bonchev–Trinajstić information content (AvgIpc) is 2.85. The van der Waals surface area contributed by atoms with Gasteiger partial charge in [-0.3, -0.25) is 9.78 Å². The SMILES string of the molecule is O=C(Nc1ccncc1Br)c1ccc2nc(-c3ccccc3)c(-c3ccccc3)nc2c1. The maximum absolute atomic E-state index is 12.9. The van der Waals surface area contributed by atoms with Gasteiger partial charge in [0.25, 0.3) is 5.91 Å². The third-order valence-corrected chi connectivity index (χ3v) is 5.67. The van der Waals surface area contributed by atoms with Gasteiger partial charge in [0, 0.05) is 29.1 Å². The van der Waals surface area contributed by atoms with Crippen LogP contribution >= 0.6 is 15.9 Å². The molecule has 0 saturated carbocycles. The Bertz CT molecular complexity index is 1420. The molecule has 5 rings (SSSR count). The maximum Gasteiger partial charge on any atom is 0.255 e. The quantitative estimate of drug-likeness (QED) is 0.324. The van der Waals surface area contributed by atoms with Crippen LogP contribution in [0.2, 0.25) is 0 Å². The maximum atomic E-state index is 12.9. The Hall–Kier alpha value is -3.90. The fourth-order valence-electron chi connectivity index (χ4n) is 3.46. The van der Waals surface area contributed by atoms with Gasteiger partial charge in [0.15, 0.2) is 0 Å². The van der Waals surface area contributed by atoms with Gasteiger partial charge in [-0.2, -0.15) is 0 Å². The molecule has 2 heterocycles. The van der Waals surface area contributed by atoms with Crippen molar-refractivity contribution in [2.45, 2.75) is 0 Å². The molecule has 154 valence electrons. The van der Waals surface area contributed by atoms with Gasteiger partial charge in [-0.05, 0) is 40.2 Å². The normalized spacial score (nSPS) is 10.8. The zero-order valence-electron chi connectivity index (χ0n) is 16.9. The average molecular weight is 481 g/mol. The minimum absolute atomic E-state index is 0.228. The van der Waals surface area contributed by atoms with Gasteiger partial charge in [0.1, 0.15) is 0 Å². The molecule has 0 aliphatic carbocycles. The molecule has 0 saturated heterocycles. The van der Waals surface area contributed by atoms with E-state index in [4.69, 9.17) is 9.97 Å². The van der Waals surface area contributed by atoms with Crippen LogP contribution in [0.1, 0.15) is 10.4 Å². The Labute approximate surface area is 193 Å². The Morgan fingerprint density at radius 2 is 1.38 bits per heavy atom. The van der Waals surface area contributed by atoms with Gasteiger partial charge in [-0.25, -0.2) is 9.97 Å². The summed E-state index contributed by atoms with van der Waals surface area (Å²) in [6.45, 7) is 0. The fraction of sp³-hybridized carbons (Fsp3) is 0. The summed E-state index contributed by atoms with van der Waals surface area (Å²) >= 11 is 3.40. The highest BCUT2D eigenvalue weighted by atomic mass is 79.9. The second-order valence-corrected chi connectivity index (χ2v) is 8.02. The van der Waals surface area contributed by atoms with Gasteiger partial charge < -0.3 is 5.32 Å². The molecule has 1 amide bonds. The zero-order chi connectivity index (χ0) is 21.9. The molecule has 0 aliphatic rings. The first-order valence-electron chi connectivity index (χ1n) is 10.0. The van der Waals surface area contributed by atoms with E-state index in [-0.39, 0.29) is 5.91 Å². The summed E-state index contributed by atoms with van der Waals surface area (Å²) in [5, 5.41) is 2.90. The van der Waals surface area contributed by atoms with Crippen molar-refractivity contribution in [3.63, 3.8) is 0 Å². The Balaban J connectivity index is 1.60. The predicted octanol–water partition coefficient (Wildman–Crippen LogP) is 6.37. The Morgan fingerprint density at radius 3 is 2.00 bits per heavy atom. The van der Waals surface area contributed by atoms with Crippen LogP contribution in [-0.2, 0) is 0 Å². The van der Waals surface area contributed by atoms with Crippen LogP contribution in [0, 0.1) is 0 Å². The summed E-state index contributed by atoms with van der Waals surface area (Å²) in [6, 6.07) is 27.1. The summed E-state index contributed by atoms with van der Waals surface area (Å²) in [6.07, 6.45) is 3.27. The first-order valence-corrected chi connectivity index (χ1v) is 10.8. The molecule has 0 spiro atoms. The highest BCUT2D eigenvalue weighted by Gasteiger charge is 2.15. The summed E-state index contributed by atoms with van der Waals surface area (Å²) in [7, 11) is 0. The molecule has 0 fully saturated rings. The molecular formula is C26H17BrN4O. The number of anilines is 1. The van der Waals surface area contributed by atoms with E-state index < -0.39 is 0 Å². The van der Waals surface area contributed by atoms with Gasteiger partial charge in [-0.15, -0.1) is 0 Å². The van der Waals surface area contributed by atoms with E-state index in [9.17, 15) is 4.79 Å². The number of pyridine rings is 1. The number of nitrogens with zero attached hydrogens (tertiary/aromatic N) is 3. The first-order chi connectivity index (χ1) is 15.7. The summed E-state index contributed by atoms with van der Waals surface area (Å²) in [4.78, 5) is 26.7. The molecule has 0 aliphatic heterocycles. The number of nitrogens with one attached hydrogen (secondary N) is 1. The Morgan fingerprint density at radius 1 is 0.750 bits per heavy atom. The van der Waals surface area contributed by atoms with Gasteiger partial charge in [0.2, 0.25) is 0 Å². The lowest BCUT2D eigenvalue weighted by atomic mass is 10.0. The number of carbonyl (C=O) groups excluding carboxylic acids is 1. The summed E-state index contributed by atoms with van der Waals surface area (Å²) < 4.78 is 0.716.